The van der Waals surface area contributed by atoms with Gasteiger partial charge in [0, 0.05) is 17.2 Å². The zero-order valence-electron chi connectivity index (χ0n) is 19.9. The summed E-state index contributed by atoms with van der Waals surface area (Å²) in [6.45, 7) is 5.54. The molecule has 0 unspecified atom stereocenters. The van der Waals surface area contributed by atoms with Gasteiger partial charge in [0.05, 0.1) is 5.39 Å². The van der Waals surface area contributed by atoms with Crippen LogP contribution in [0, 0.1) is 0 Å². The Morgan fingerprint density at radius 1 is 0.833 bits per heavy atom. The molecule has 5 N–H and O–H groups in total. The van der Waals surface area contributed by atoms with Crippen LogP contribution in [0.3, 0.4) is 0 Å². The van der Waals surface area contributed by atoms with Crippen LogP contribution in [0.5, 0.6) is 28.7 Å². The van der Waals surface area contributed by atoms with Crippen LogP contribution in [-0.4, -0.2) is 31.3 Å². The van der Waals surface area contributed by atoms with Crippen LogP contribution in [-0.2, 0) is 6.42 Å². The molecule has 0 saturated carbocycles. The van der Waals surface area contributed by atoms with Gasteiger partial charge in [0.15, 0.2) is 23.0 Å². The molecule has 0 spiro atoms. The average Bonchev–Trinajstić information content (AvgIpc) is 2.82. The number of hydrogen-bond acceptors (Lipinski definition) is 8. The van der Waals surface area contributed by atoms with Gasteiger partial charge in [0.2, 0.25) is 11.2 Å². The zero-order chi connectivity index (χ0) is 26.6. The predicted molar refractivity (Wildman–Crippen MR) is 136 cm³/mol. The number of Topliss-reactive ketones (excluding diaryl/α,β-unsaturated/α-hetero) is 1. The Bertz CT molecular complexity index is 1530. The normalized spacial score (nSPS) is 10.4. The van der Waals surface area contributed by atoms with Crippen molar-refractivity contribution in [3.05, 3.63) is 87.6 Å². The van der Waals surface area contributed by atoms with Crippen LogP contribution in [0.2, 0.25) is 0 Å². The number of carbonyl (C=O) groups is 1. The molecular formula is C28H26O8. The van der Waals surface area contributed by atoms with Crippen LogP contribution < -0.4 is 5.43 Å². The van der Waals surface area contributed by atoms with Crippen LogP contribution in [0.1, 0.15) is 36.7 Å². The first-order valence-electron chi connectivity index (χ1n) is 10.9. The minimum atomic E-state index is -0.654. The molecule has 8 heteroatoms. The van der Waals surface area contributed by atoms with E-state index in [1.807, 2.05) is 19.9 Å². The number of aromatic hydroxyl groups is 5. The highest BCUT2D eigenvalue weighted by Gasteiger charge is 2.16. The number of hydrogen-bond donors (Lipinski definition) is 5. The first-order valence-corrected chi connectivity index (χ1v) is 10.9. The third kappa shape index (κ3) is 5.85. The van der Waals surface area contributed by atoms with E-state index in [-0.39, 0.29) is 45.3 Å². The van der Waals surface area contributed by atoms with Crippen molar-refractivity contribution < 1.29 is 34.7 Å². The van der Waals surface area contributed by atoms with E-state index >= 15 is 0 Å². The van der Waals surface area contributed by atoms with E-state index in [0.29, 0.717) is 12.0 Å². The fourth-order valence-corrected chi connectivity index (χ4v) is 3.31. The van der Waals surface area contributed by atoms with Crippen molar-refractivity contribution >= 4 is 16.8 Å². The zero-order valence-corrected chi connectivity index (χ0v) is 19.9. The number of phenols is 4. The second kappa shape index (κ2) is 10.7. The lowest BCUT2D eigenvalue weighted by Gasteiger charge is -2.07. The Morgan fingerprint density at radius 3 is 2.17 bits per heavy atom. The largest absolute Gasteiger partial charge is 0.508 e. The Hall–Kier alpha value is -4.72. The van der Waals surface area contributed by atoms with Gasteiger partial charge < -0.3 is 29.9 Å². The van der Waals surface area contributed by atoms with Gasteiger partial charge in [-0.3, -0.25) is 9.59 Å². The van der Waals surface area contributed by atoms with E-state index in [4.69, 9.17) is 4.42 Å². The van der Waals surface area contributed by atoms with E-state index in [1.54, 1.807) is 18.2 Å². The van der Waals surface area contributed by atoms with Gasteiger partial charge in [-0.15, -0.1) is 0 Å². The van der Waals surface area contributed by atoms with Gasteiger partial charge in [-0.2, -0.15) is 0 Å². The van der Waals surface area contributed by atoms with Gasteiger partial charge in [-0.05, 0) is 81.3 Å². The van der Waals surface area contributed by atoms with Crippen molar-refractivity contribution in [3.8, 4) is 40.1 Å². The summed E-state index contributed by atoms with van der Waals surface area (Å²) in [5.74, 6) is -1.34. The van der Waals surface area contributed by atoms with E-state index in [0.717, 1.165) is 11.6 Å². The molecule has 0 atom stereocenters. The molecule has 0 fully saturated rings. The second-order valence-corrected chi connectivity index (χ2v) is 8.38. The maximum Gasteiger partial charge on any atom is 0.235 e. The quantitative estimate of drug-likeness (QED) is 0.145. The molecule has 4 rings (SSSR count). The van der Waals surface area contributed by atoms with Crippen molar-refractivity contribution in [2.75, 3.05) is 0 Å². The molecule has 0 aliphatic rings. The summed E-state index contributed by atoms with van der Waals surface area (Å²) in [7, 11) is 0. The maximum atomic E-state index is 12.1. The summed E-state index contributed by atoms with van der Waals surface area (Å²) in [6, 6.07) is 12.6. The number of fused-ring (bicyclic) bond motifs is 1. The van der Waals surface area contributed by atoms with Crippen LogP contribution >= 0.6 is 0 Å². The molecular weight excluding hydrogens is 464 g/mol. The van der Waals surface area contributed by atoms with Crippen molar-refractivity contribution in [3.63, 3.8) is 0 Å². The fourth-order valence-electron chi connectivity index (χ4n) is 3.31. The maximum absolute atomic E-state index is 12.1. The minimum absolute atomic E-state index is 0.0217. The second-order valence-electron chi connectivity index (χ2n) is 8.38. The SMILES string of the molecule is CC(=O)c1ccc(O)c(CC=C(C)C)c1.O=c1c(O)c(-c2ccc(O)c(O)c2)oc2cc(O)ccc12. The third-order valence-corrected chi connectivity index (χ3v) is 5.31. The first-order chi connectivity index (χ1) is 17.0. The Labute approximate surface area is 206 Å². The van der Waals surface area contributed by atoms with Gasteiger partial charge in [0.1, 0.15) is 17.1 Å². The molecule has 1 aromatic heterocycles. The Balaban J connectivity index is 0.000000214. The topological polar surface area (TPSA) is 148 Å². The Kier molecular flexibility index (Phi) is 7.69. The lowest BCUT2D eigenvalue weighted by Crippen LogP contribution is -2.02. The molecule has 36 heavy (non-hydrogen) atoms. The molecule has 4 aromatic rings. The molecule has 0 bridgehead atoms. The molecule has 8 nitrogen and oxygen atoms in total. The molecule has 0 aliphatic carbocycles. The monoisotopic (exact) mass is 490 g/mol. The van der Waals surface area contributed by atoms with Crippen LogP contribution in [0.25, 0.3) is 22.3 Å². The molecule has 3 aromatic carbocycles. The fraction of sp³-hybridized carbons (Fsp3) is 0.143. The van der Waals surface area contributed by atoms with Crippen molar-refractivity contribution in [1.29, 1.82) is 0 Å². The highest BCUT2D eigenvalue weighted by atomic mass is 16.4. The summed E-state index contributed by atoms with van der Waals surface area (Å²) < 4.78 is 5.43. The van der Waals surface area contributed by atoms with Crippen LogP contribution in [0.15, 0.2) is 75.5 Å². The van der Waals surface area contributed by atoms with Gasteiger partial charge >= 0.3 is 0 Å². The van der Waals surface area contributed by atoms with Gasteiger partial charge in [-0.25, -0.2) is 0 Å². The van der Waals surface area contributed by atoms with Crippen molar-refractivity contribution in [2.45, 2.75) is 27.2 Å². The predicted octanol–water partition coefficient (Wildman–Crippen LogP) is 5.39. The van der Waals surface area contributed by atoms with Crippen LogP contribution in [0.4, 0.5) is 0 Å². The average molecular weight is 491 g/mol. The number of rotatable bonds is 4. The standard InChI is InChI=1S/C15H10O6.C13H16O2/c16-8-2-3-9-12(6-8)21-15(14(20)13(9)19)7-1-4-10(17)11(18)5-7;1-9(2)4-5-12-8-11(10(3)14)6-7-13(12)15/h1-6,16-18,20H;4,6-8,15H,5H2,1-3H3. The summed E-state index contributed by atoms with van der Waals surface area (Å²) in [5, 5.41) is 47.9. The van der Waals surface area contributed by atoms with E-state index in [2.05, 4.69) is 0 Å². The number of benzene rings is 3. The number of carbonyl (C=O) groups excluding carboxylic acids is 1. The molecule has 0 radical (unpaired) electrons. The summed E-state index contributed by atoms with van der Waals surface area (Å²) in [5.41, 5.74) is 2.29. The number of allylic oxidation sites excluding steroid dienone is 2. The minimum Gasteiger partial charge on any atom is -0.508 e. The highest BCUT2D eigenvalue weighted by Crippen LogP contribution is 2.35. The van der Waals surface area contributed by atoms with Crippen molar-refractivity contribution in [2.24, 2.45) is 0 Å². The smallest absolute Gasteiger partial charge is 0.235 e. The lowest BCUT2D eigenvalue weighted by atomic mass is 10.0. The van der Waals surface area contributed by atoms with E-state index in [9.17, 15) is 35.1 Å². The molecule has 0 amide bonds. The lowest BCUT2D eigenvalue weighted by molar-refractivity contribution is 0.101. The summed E-state index contributed by atoms with van der Waals surface area (Å²) >= 11 is 0. The van der Waals surface area contributed by atoms with Gasteiger partial charge in [-0.1, -0.05) is 11.6 Å². The highest BCUT2D eigenvalue weighted by molar-refractivity contribution is 5.94. The molecule has 0 saturated heterocycles. The van der Waals surface area contributed by atoms with E-state index < -0.39 is 16.9 Å². The number of ketones is 1. The van der Waals surface area contributed by atoms with Gasteiger partial charge in [0.25, 0.3) is 0 Å². The number of phenolic OH excluding ortho intramolecular Hbond substituents is 4. The molecule has 0 aliphatic heterocycles. The Morgan fingerprint density at radius 2 is 1.53 bits per heavy atom. The third-order valence-electron chi connectivity index (χ3n) is 5.31. The van der Waals surface area contributed by atoms with Crippen molar-refractivity contribution in [1.82, 2.24) is 0 Å². The molecule has 1 heterocycles. The molecule has 186 valence electrons. The summed E-state index contributed by atoms with van der Waals surface area (Å²) in [4.78, 5) is 23.2. The first kappa shape index (κ1) is 25.9. The summed E-state index contributed by atoms with van der Waals surface area (Å²) in [6.07, 6.45) is 2.69. The van der Waals surface area contributed by atoms with E-state index in [1.165, 1.54) is 42.8 Å².